The first-order valence-corrected chi connectivity index (χ1v) is 3.86. The summed E-state index contributed by atoms with van der Waals surface area (Å²) in [5.74, 6) is -1.07. The van der Waals surface area contributed by atoms with Crippen molar-refractivity contribution in [3.05, 3.63) is 0 Å². The predicted octanol–water partition coefficient (Wildman–Crippen LogP) is 1.08. The average molecular weight is 156 g/mol. The van der Waals surface area contributed by atoms with Crippen molar-refractivity contribution in [1.82, 2.24) is 0 Å². The molecule has 0 aliphatic heterocycles. The van der Waals surface area contributed by atoms with Gasteiger partial charge in [0.2, 0.25) is 0 Å². The summed E-state index contributed by atoms with van der Waals surface area (Å²) in [6.07, 6.45) is 1.62. The Kier molecular flexibility index (Phi) is 2.27. The van der Waals surface area contributed by atoms with Gasteiger partial charge in [-0.1, -0.05) is 6.92 Å². The van der Waals surface area contributed by atoms with Crippen LogP contribution in [0.4, 0.5) is 0 Å². The Morgan fingerprint density at radius 3 is 2.64 bits per heavy atom. The van der Waals surface area contributed by atoms with Gasteiger partial charge in [-0.2, -0.15) is 0 Å². The maximum absolute atomic E-state index is 11.0. The number of carboxylic acids is 1. The number of Topliss-reactive ketones (excluding diaryl/α,β-unsaturated/α-hetero) is 1. The minimum atomic E-state index is -0.828. The van der Waals surface area contributed by atoms with Crippen molar-refractivity contribution in [2.24, 2.45) is 11.8 Å². The lowest BCUT2D eigenvalue weighted by Crippen LogP contribution is -2.27. The van der Waals surface area contributed by atoms with Crippen molar-refractivity contribution < 1.29 is 14.7 Å². The molecule has 62 valence electrons. The summed E-state index contributed by atoms with van der Waals surface area (Å²) in [5, 5.41) is 8.59. The third kappa shape index (κ3) is 1.79. The Morgan fingerprint density at radius 2 is 2.18 bits per heavy atom. The van der Waals surface area contributed by atoms with Crippen LogP contribution in [0.1, 0.15) is 26.2 Å². The fourth-order valence-electron chi connectivity index (χ4n) is 1.37. The van der Waals surface area contributed by atoms with E-state index < -0.39 is 11.9 Å². The highest BCUT2D eigenvalue weighted by Gasteiger charge is 2.29. The van der Waals surface area contributed by atoms with Gasteiger partial charge in [0.25, 0.3) is 0 Å². The predicted molar refractivity (Wildman–Crippen MR) is 39.1 cm³/mol. The summed E-state index contributed by atoms with van der Waals surface area (Å²) in [7, 11) is 0. The molecule has 1 saturated carbocycles. The molecule has 2 atom stereocenters. The molecule has 1 rings (SSSR count). The van der Waals surface area contributed by atoms with Crippen molar-refractivity contribution in [1.29, 1.82) is 0 Å². The Bertz CT molecular complexity index is 186. The van der Waals surface area contributed by atoms with Crippen molar-refractivity contribution in [2.75, 3.05) is 0 Å². The fourth-order valence-corrected chi connectivity index (χ4v) is 1.37. The van der Waals surface area contributed by atoms with Gasteiger partial charge in [0.15, 0.2) is 0 Å². The second-order valence-electron chi connectivity index (χ2n) is 3.18. The van der Waals surface area contributed by atoms with E-state index in [9.17, 15) is 9.59 Å². The number of aliphatic carboxylic acids is 1. The van der Waals surface area contributed by atoms with E-state index in [1.807, 2.05) is 6.92 Å². The molecule has 0 aromatic carbocycles. The Labute approximate surface area is 65.4 Å². The molecular formula is C8H12O3. The van der Waals surface area contributed by atoms with Crippen LogP contribution in [-0.4, -0.2) is 16.9 Å². The topological polar surface area (TPSA) is 54.4 Å². The molecule has 2 unspecified atom stereocenters. The van der Waals surface area contributed by atoms with E-state index >= 15 is 0 Å². The Balaban J connectivity index is 2.53. The molecule has 0 amide bonds. The molecule has 3 nitrogen and oxygen atoms in total. The van der Waals surface area contributed by atoms with Gasteiger partial charge in [-0.3, -0.25) is 9.59 Å². The molecule has 0 spiro atoms. The minimum Gasteiger partial charge on any atom is -0.481 e. The molecule has 0 saturated heterocycles. The molecule has 0 heterocycles. The van der Waals surface area contributed by atoms with Gasteiger partial charge in [0.1, 0.15) is 5.78 Å². The third-order valence-electron chi connectivity index (χ3n) is 2.29. The molecule has 0 aromatic heterocycles. The molecule has 1 N–H and O–H groups in total. The van der Waals surface area contributed by atoms with E-state index in [0.717, 1.165) is 6.42 Å². The zero-order chi connectivity index (χ0) is 8.43. The second kappa shape index (κ2) is 3.03. The number of carboxylic acid groups (broad SMARTS) is 1. The summed E-state index contributed by atoms with van der Waals surface area (Å²) in [6.45, 7) is 1.86. The van der Waals surface area contributed by atoms with E-state index in [1.54, 1.807) is 0 Å². The van der Waals surface area contributed by atoms with Crippen LogP contribution in [0.25, 0.3) is 0 Å². The van der Waals surface area contributed by atoms with Gasteiger partial charge in [-0.15, -0.1) is 0 Å². The molecule has 11 heavy (non-hydrogen) atoms. The van der Waals surface area contributed by atoms with Gasteiger partial charge in [0.05, 0.1) is 5.92 Å². The van der Waals surface area contributed by atoms with Crippen molar-refractivity contribution in [2.45, 2.75) is 26.2 Å². The first kappa shape index (κ1) is 8.24. The largest absolute Gasteiger partial charge is 0.481 e. The normalized spacial score (nSPS) is 31.9. The third-order valence-corrected chi connectivity index (χ3v) is 2.29. The van der Waals surface area contributed by atoms with Crippen molar-refractivity contribution in [3.63, 3.8) is 0 Å². The van der Waals surface area contributed by atoms with Gasteiger partial charge in [-0.05, 0) is 12.8 Å². The van der Waals surface area contributed by atoms with Gasteiger partial charge in [0, 0.05) is 12.3 Å². The molecule has 1 aliphatic rings. The monoisotopic (exact) mass is 156 g/mol. The second-order valence-corrected chi connectivity index (χ2v) is 3.18. The number of carbonyl (C=O) groups is 2. The van der Waals surface area contributed by atoms with Crippen LogP contribution in [0.3, 0.4) is 0 Å². The molecule has 0 radical (unpaired) electrons. The van der Waals surface area contributed by atoms with Gasteiger partial charge in [-0.25, -0.2) is 0 Å². The number of carbonyl (C=O) groups excluding carboxylic acids is 1. The molecule has 0 aromatic rings. The minimum absolute atomic E-state index is 0.0746. The summed E-state index contributed by atoms with van der Waals surface area (Å²) in [5.41, 5.74) is 0. The van der Waals surface area contributed by atoms with E-state index in [-0.39, 0.29) is 18.1 Å². The summed E-state index contributed by atoms with van der Waals surface area (Å²) < 4.78 is 0. The standard InChI is InChI=1S/C8H12O3/c1-5-2-3-6(8(10)11)4-7(5)9/h5-6H,2-4H2,1H3,(H,10,11). The van der Waals surface area contributed by atoms with Crippen LogP contribution in [0, 0.1) is 11.8 Å². The Morgan fingerprint density at radius 1 is 1.55 bits per heavy atom. The smallest absolute Gasteiger partial charge is 0.306 e. The first-order valence-electron chi connectivity index (χ1n) is 3.86. The fraction of sp³-hybridized carbons (Fsp3) is 0.750. The van der Waals surface area contributed by atoms with E-state index in [2.05, 4.69) is 0 Å². The van der Waals surface area contributed by atoms with E-state index in [1.165, 1.54) is 0 Å². The molecule has 1 aliphatic carbocycles. The van der Waals surface area contributed by atoms with Crippen LogP contribution in [0.2, 0.25) is 0 Å². The molecular weight excluding hydrogens is 144 g/mol. The highest BCUT2D eigenvalue weighted by molar-refractivity contribution is 5.86. The highest BCUT2D eigenvalue weighted by atomic mass is 16.4. The van der Waals surface area contributed by atoms with Crippen LogP contribution >= 0.6 is 0 Å². The summed E-state index contributed by atoms with van der Waals surface area (Å²) in [4.78, 5) is 21.5. The highest BCUT2D eigenvalue weighted by Crippen LogP contribution is 2.25. The lowest BCUT2D eigenvalue weighted by Gasteiger charge is -2.21. The molecule has 1 fully saturated rings. The van der Waals surface area contributed by atoms with E-state index in [0.29, 0.717) is 6.42 Å². The number of ketones is 1. The number of hydrogen-bond donors (Lipinski definition) is 1. The average Bonchev–Trinajstić information content (AvgIpc) is 1.94. The van der Waals surface area contributed by atoms with Gasteiger partial charge < -0.3 is 5.11 Å². The van der Waals surface area contributed by atoms with Crippen LogP contribution in [-0.2, 0) is 9.59 Å². The van der Waals surface area contributed by atoms with Crippen LogP contribution < -0.4 is 0 Å². The lowest BCUT2D eigenvalue weighted by atomic mass is 9.82. The zero-order valence-corrected chi connectivity index (χ0v) is 6.54. The number of rotatable bonds is 1. The zero-order valence-electron chi connectivity index (χ0n) is 6.54. The van der Waals surface area contributed by atoms with E-state index in [4.69, 9.17) is 5.11 Å². The molecule has 0 bridgehead atoms. The summed E-state index contributed by atoms with van der Waals surface area (Å²) in [6, 6.07) is 0. The SMILES string of the molecule is CC1CCC(C(=O)O)CC1=O. The number of hydrogen-bond acceptors (Lipinski definition) is 2. The molecule has 3 heteroatoms. The maximum atomic E-state index is 11.0. The van der Waals surface area contributed by atoms with Crippen LogP contribution in [0.15, 0.2) is 0 Å². The first-order chi connectivity index (χ1) is 5.11. The Hall–Kier alpha value is -0.860. The van der Waals surface area contributed by atoms with Crippen LogP contribution in [0.5, 0.6) is 0 Å². The quantitative estimate of drug-likeness (QED) is 0.618. The van der Waals surface area contributed by atoms with Crippen molar-refractivity contribution >= 4 is 11.8 Å². The maximum Gasteiger partial charge on any atom is 0.306 e. The van der Waals surface area contributed by atoms with Crippen molar-refractivity contribution in [3.8, 4) is 0 Å². The van der Waals surface area contributed by atoms with Gasteiger partial charge >= 0.3 is 5.97 Å². The summed E-state index contributed by atoms with van der Waals surface area (Å²) >= 11 is 0. The lowest BCUT2D eigenvalue weighted by molar-refractivity contribution is -0.146.